The Kier molecular flexibility index (Phi) is 8.84. The van der Waals surface area contributed by atoms with Gasteiger partial charge in [0.15, 0.2) is 0 Å². The maximum Gasteiger partial charge on any atom is -0.0809 e. The summed E-state index contributed by atoms with van der Waals surface area (Å²) in [6, 6.07) is 29.3. The molecule has 0 aromatic heterocycles. The Bertz CT molecular complexity index is 777. The molecule has 0 unspecified atom stereocenters. The molecule has 0 saturated heterocycles. The molecule has 0 bridgehead atoms. The van der Waals surface area contributed by atoms with Crippen LogP contribution in [0, 0.1) is 0 Å². The van der Waals surface area contributed by atoms with E-state index >= 15 is 0 Å². The van der Waals surface area contributed by atoms with Crippen LogP contribution in [0.4, 0.5) is 0 Å². The Labute approximate surface area is 160 Å². The first-order valence-corrected chi connectivity index (χ1v) is 25.7. The van der Waals surface area contributed by atoms with E-state index in [2.05, 4.69) is 96.4 Å². The van der Waals surface area contributed by atoms with Crippen LogP contribution < -0.4 is 0 Å². The molecule has 0 N–H and O–H groups in total. The number of hydrogen-bond acceptors (Lipinski definition) is 0. The molecule has 4 heteroatoms. The summed E-state index contributed by atoms with van der Waals surface area (Å²) < 4.78 is 0. The van der Waals surface area contributed by atoms with Crippen molar-refractivity contribution < 1.29 is 16.2 Å². The quantitative estimate of drug-likeness (QED) is 0.178. The van der Waals surface area contributed by atoms with Crippen molar-refractivity contribution in [3.8, 4) is 0 Å². The second-order valence-electron chi connectivity index (χ2n) is 5.57. The van der Waals surface area contributed by atoms with Crippen LogP contribution in [0.3, 0.4) is 0 Å². The van der Waals surface area contributed by atoms with Gasteiger partial charge < -0.3 is 0 Å². The molecule has 0 saturated carbocycles. The van der Waals surface area contributed by atoms with Crippen LogP contribution in [0.15, 0.2) is 84.9 Å². The zero-order valence-electron chi connectivity index (χ0n) is 13.8. The van der Waals surface area contributed by atoms with E-state index in [0.29, 0.717) is 0 Å². The zero-order valence-corrected chi connectivity index (χ0v) is 19.9. The SMILES string of the molecule is [CH3][Ge]([CH3])=[Zr]([Cl])[Cl].c1ccc2[cH-]ccc2c1.c1ccc2[cH-]ccc2c1. The van der Waals surface area contributed by atoms with Gasteiger partial charge in [-0.25, -0.2) is 0 Å². The third-order valence-electron chi connectivity index (χ3n) is 3.47. The maximum atomic E-state index is 5.65. The Morgan fingerprint density at radius 2 is 1.08 bits per heavy atom. The third kappa shape index (κ3) is 6.52. The van der Waals surface area contributed by atoms with Crippen LogP contribution in [0.5, 0.6) is 0 Å². The Balaban J connectivity index is 0.000000134. The van der Waals surface area contributed by atoms with E-state index in [1.165, 1.54) is 21.5 Å². The summed E-state index contributed by atoms with van der Waals surface area (Å²) in [5, 5.41) is 5.32. The molecule has 0 aliphatic rings. The first-order chi connectivity index (χ1) is 11.6. The second kappa shape index (κ2) is 10.6. The number of fused-ring (bicyclic) bond motifs is 2. The minimum Gasteiger partial charge on any atom is -0.168 e. The van der Waals surface area contributed by atoms with Crippen molar-refractivity contribution in [2.24, 2.45) is 0 Å². The van der Waals surface area contributed by atoms with E-state index in [0.717, 1.165) is 0 Å². The third-order valence-corrected chi connectivity index (χ3v) is 38.0. The van der Waals surface area contributed by atoms with Gasteiger partial charge in [-0.05, 0) is 0 Å². The smallest absolute Gasteiger partial charge is 0.0809 e. The van der Waals surface area contributed by atoms with Crippen molar-refractivity contribution in [3.05, 3.63) is 84.9 Å². The van der Waals surface area contributed by atoms with Crippen LogP contribution in [0.1, 0.15) is 0 Å². The minimum absolute atomic E-state index is 0.735. The number of hydrogen-bond donors (Lipinski definition) is 0. The summed E-state index contributed by atoms with van der Waals surface area (Å²) in [4.78, 5) is 0. The number of benzene rings is 2. The van der Waals surface area contributed by atoms with Crippen LogP contribution >= 0.6 is 17.0 Å². The fourth-order valence-electron chi connectivity index (χ4n) is 2.14. The zero-order chi connectivity index (χ0) is 17.4. The van der Waals surface area contributed by atoms with Crippen molar-refractivity contribution in [1.82, 2.24) is 0 Å². The molecule has 0 fully saturated rings. The van der Waals surface area contributed by atoms with Gasteiger partial charge in [-0.1, -0.05) is 12.1 Å². The average Bonchev–Trinajstić information content (AvgIpc) is 3.24. The van der Waals surface area contributed by atoms with E-state index in [4.69, 9.17) is 17.0 Å². The Hall–Kier alpha value is -0.334. The molecule has 0 atom stereocenters. The molecular formula is C20H20Cl2GeZr-2. The van der Waals surface area contributed by atoms with Crippen molar-refractivity contribution in [3.63, 3.8) is 0 Å². The summed E-state index contributed by atoms with van der Waals surface area (Å²) in [6.07, 6.45) is 0. The van der Waals surface area contributed by atoms with E-state index in [1.807, 2.05) is 0 Å². The van der Waals surface area contributed by atoms with E-state index in [9.17, 15) is 0 Å². The van der Waals surface area contributed by atoms with Gasteiger partial charge in [0.1, 0.15) is 0 Å². The normalized spacial score (nSPS) is 9.67. The summed E-state index contributed by atoms with van der Waals surface area (Å²) in [7, 11) is 10.6. The standard InChI is InChI=1S/2C9H7.C2H6Ge.2ClH.Zr/c2*1-2-5-9-7-3-6-8(9)4-1;1-3-2;;;/h2*1-7H;1-2H3;2*1H;/q2*-1;;;;+2/p-2. The number of halogens is 2. The molecule has 0 spiro atoms. The fraction of sp³-hybridized carbons (Fsp3) is 0.100. The minimum atomic E-state index is -1.59. The fourth-order valence-corrected chi connectivity index (χ4v) is 2.14. The molecule has 4 aromatic carbocycles. The second-order valence-corrected chi connectivity index (χ2v) is 43.5. The van der Waals surface area contributed by atoms with Gasteiger partial charge in [-0.2, -0.15) is 35.0 Å². The monoisotopic (exact) mass is 494 g/mol. The van der Waals surface area contributed by atoms with Gasteiger partial charge in [-0.3, -0.25) is 0 Å². The van der Waals surface area contributed by atoms with Gasteiger partial charge >= 0.3 is 54.8 Å². The van der Waals surface area contributed by atoms with Gasteiger partial charge in [0.05, 0.1) is 0 Å². The summed E-state index contributed by atoms with van der Waals surface area (Å²) in [5.41, 5.74) is 0. The molecule has 124 valence electrons. The summed E-state index contributed by atoms with van der Waals surface area (Å²) >= 11 is -1.59. The molecule has 0 aliphatic heterocycles. The predicted molar refractivity (Wildman–Crippen MR) is 108 cm³/mol. The van der Waals surface area contributed by atoms with Gasteiger partial charge in [0, 0.05) is 0 Å². The largest absolute Gasteiger partial charge is 0.168 e. The molecule has 0 heterocycles. The van der Waals surface area contributed by atoms with Crippen molar-refractivity contribution in [2.45, 2.75) is 11.5 Å². The number of rotatable bonds is 0. The Morgan fingerprint density at radius 3 is 1.42 bits per heavy atom. The van der Waals surface area contributed by atoms with E-state index < -0.39 is 26.2 Å². The molecule has 24 heavy (non-hydrogen) atoms. The van der Waals surface area contributed by atoms with Crippen LogP contribution in [0.25, 0.3) is 21.5 Å². The molecule has 0 radical (unpaired) electrons. The Morgan fingerprint density at radius 1 is 0.708 bits per heavy atom. The van der Waals surface area contributed by atoms with Crippen molar-refractivity contribution in [2.75, 3.05) is 0 Å². The van der Waals surface area contributed by atoms with Gasteiger partial charge in [0.25, 0.3) is 0 Å². The van der Waals surface area contributed by atoms with Crippen LogP contribution in [-0.4, -0.2) is 9.98 Å². The molecule has 0 amide bonds. The van der Waals surface area contributed by atoms with Gasteiger partial charge in [-0.15, -0.1) is 59.3 Å². The summed E-state index contributed by atoms with van der Waals surface area (Å²) in [6.45, 7) is 0. The maximum absolute atomic E-state index is 5.65. The van der Waals surface area contributed by atoms with E-state index in [-0.39, 0.29) is 0 Å². The topological polar surface area (TPSA) is 0 Å². The first kappa shape index (κ1) is 20.0. The van der Waals surface area contributed by atoms with Gasteiger partial charge in [0.2, 0.25) is 0 Å². The van der Waals surface area contributed by atoms with Crippen LogP contribution in [0.2, 0.25) is 11.5 Å². The van der Waals surface area contributed by atoms with Crippen molar-refractivity contribution >= 4 is 48.5 Å². The molecule has 4 rings (SSSR count). The van der Waals surface area contributed by atoms with E-state index in [1.54, 1.807) is 0 Å². The molecule has 4 aromatic rings. The average molecular weight is 495 g/mol. The first-order valence-electron chi connectivity index (χ1n) is 7.77. The summed E-state index contributed by atoms with van der Waals surface area (Å²) in [5.74, 6) is 4.46. The molecule has 0 aliphatic carbocycles. The molecular weight excluding hydrogens is 475 g/mol. The van der Waals surface area contributed by atoms with Crippen LogP contribution in [-0.2, 0) is 16.2 Å². The predicted octanol–water partition coefficient (Wildman–Crippen LogP) is 7.28. The van der Waals surface area contributed by atoms with Crippen molar-refractivity contribution in [1.29, 1.82) is 0 Å². The molecule has 0 nitrogen and oxygen atoms in total.